The second-order valence-electron chi connectivity index (χ2n) is 15.1. The fraction of sp³-hybridized carbons (Fsp3) is 0.474. The minimum Gasteiger partial charge on any atom is -0.481 e. The molecule has 2 amide bonds. The number of hydrogen-bond donors (Lipinski definition) is 4. The molecular formula is C38H40Cl2N4O6. The number of halogens is 2. The Kier molecular flexibility index (Phi) is 7.80. The number of benzene rings is 2. The van der Waals surface area contributed by atoms with E-state index in [1.807, 2.05) is 48.2 Å². The highest BCUT2D eigenvalue weighted by atomic mass is 35.5. The average Bonchev–Trinajstić information content (AvgIpc) is 3.87. The number of carbonyl (C=O) groups excluding carboxylic acids is 2. The lowest BCUT2D eigenvalue weighted by Gasteiger charge is -2.53. The van der Waals surface area contributed by atoms with Gasteiger partial charge in [-0.05, 0) is 97.9 Å². The van der Waals surface area contributed by atoms with Crippen LogP contribution in [0.15, 0.2) is 24.5 Å². The predicted molar refractivity (Wildman–Crippen MR) is 193 cm³/mol. The highest BCUT2D eigenvalue weighted by Crippen LogP contribution is 2.60. The van der Waals surface area contributed by atoms with Crippen molar-refractivity contribution in [3.63, 3.8) is 0 Å². The summed E-state index contributed by atoms with van der Waals surface area (Å²) in [4.78, 5) is 63.3. The molecule has 0 spiro atoms. The van der Waals surface area contributed by atoms with Crippen molar-refractivity contribution in [2.24, 2.45) is 10.8 Å². The van der Waals surface area contributed by atoms with E-state index < -0.39 is 22.8 Å². The van der Waals surface area contributed by atoms with Crippen LogP contribution >= 0.6 is 23.2 Å². The van der Waals surface area contributed by atoms with Gasteiger partial charge in [0.1, 0.15) is 0 Å². The second-order valence-corrected chi connectivity index (χ2v) is 15.7. The van der Waals surface area contributed by atoms with Crippen molar-refractivity contribution in [1.82, 2.24) is 9.97 Å². The molecule has 10 nitrogen and oxygen atoms in total. The highest BCUT2D eigenvalue weighted by molar-refractivity contribution is 6.19. The Labute approximate surface area is 299 Å². The van der Waals surface area contributed by atoms with E-state index in [0.717, 1.165) is 55.4 Å². The summed E-state index contributed by atoms with van der Waals surface area (Å²) in [6.07, 6.45) is 6.95. The van der Waals surface area contributed by atoms with E-state index in [1.165, 1.54) is 0 Å². The molecule has 2 aliphatic heterocycles. The van der Waals surface area contributed by atoms with E-state index in [-0.39, 0.29) is 36.5 Å². The number of carbonyl (C=O) groups is 4. The van der Waals surface area contributed by atoms with Gasteiger partial charge in [0.05, 0.1) is 12.8 Å². The number of amides is 2. The summed E-state index contributed by atoms with van der Waals surface area (Å²) in [6, 6.07) is 3.73. The Morgan fingerprint density at radius 1 is 0.700 bits per heavy atom. The van der Waals surface area contributed by atoms with Gasteiger partial charge < -0.3 is 30.0 Å². The summed E-state index contributed by atoms with van der Waals surface area (Å²) in [5.74, 6) is -1.29. The first-order valence-electron chi connectivity index (χ1n) is 17.4. The number of aromatic amines is 2. The van der Waals surface area contributed by atoms with Gasteiger partial charge in [-0.3, -0.25) is 19.2 Å². The van der Waals surface area contributed by atoms with E-state index in [9.17, 15) is 29.4 Å². The minimum absolute atomic E-state index is 0.0401. The normalized spacial score (nSPS) is 25.4. The van der Waals surface area contributed by atoms with E-state index in [1.54, 1.807) is 0 Å². The van der Waals surface area contributed by atoms with Crippen LogP contribution in [0.4, 0.5) is 11.4 Å². The minimum atomic E-state index is -0.939. The lowest BCUT2D eigenvalue weighted by molar-refractivity contribution is -0.147. The van der Waals surface area contributed by atoms with Gasteiger partial charge in [-0.2, -0.15) is 0 Å². The number of nitrogens with zero attached hydrogens (tertiary/aromatic N) is 2. The zero-order chi connectivity index (χ0) is 35.3. The third-order valence-corrected chi connectivity index (χ3v) is 13.2. The van der Waals surface area contributed by atoms with Crippen molar-refractivity contribution < 1.29 is 29.4 Å². The first-order chi connectivity index (χ1) is 23.9. The van der Waals surface area contributed by atoms with E-state index >= 15 is 0 Å². The monoisotopic (exact) mass is 718 g/mol. The molecule has 2 atom stereocenters. The fourth-order valence-corrected chi connectivity index (χ4v) is 10.4. The molecule has 4 N–H and O–H groups in total. The predicted octanol–water partition coefficient (Wildman–Crippen LogP) is 6.90. The molecule has 0 radical (unpaired) electrons. The molecule has 9 rings (SSSR count). The number of H-pyrrole nitrogens is 2. The number of alkyl halides is 2. The Bertz CT molecular complexity index is 1960. The molecule has 4 aromatic rings. The summed E-state index contributed by atoms with van der Waals surface area (Å²) in [7, 11) is 0. The molecule has 0 unspecified atom stereocenters. The molecule has 2 aromatic carbocycles. The Hall–Kier alpha value is -4.02. The third kappa shape index (κ3) is 4.74. The first-order valence-corrected chi connectivity index (χ1v) is 18.4. The van der Waals surface area contributed by atoms with Gasteiger partial charge in [-0.25, -0.2) is 0 Å². The van der Waals surface area contributed by atoms with Gasteiger partial charge in [0, 0.05) is 93.1 Å². The molecule has 12 heteroatoms. The topological polar surface area (TPSA) is 147 Å². The summed E-state index contributed by atoms with van der Waals surface area (Å²) in [5, 5.41) is 21.3. The van der Waals surface area contributed by atoms with Crippen LogP contribution in [0.5, 0.6) is 0 Å². The van der Waals surface area contributed by atoms with E-state index in [0.29, 0.717) is 74.5 Å². The van der Waals surface area contributed by atoms with Crippen molar-refractivity contribution in [2.75, 3.05) is 34.6 Å². The van der Waals surface area contributed by atoms with Crippen LogP contribution in [-0.2, 0) is 32.0 Å². The molecule has 5 aliphatic rings. The Balaban J connectivity index is 1.10. The smallest absolute Gasteiger partial charge is 0.307 e. The van der Waals surface area contributed by atoms with Gasteiger partial charge in [-0.1, -0.05) is 0 Å². The molecule has 2 aromatic heterocycles. The van der Waals surface area contributed by atoms with Crippen LogP contribution in [0, 0.1) is 24.7 Å². The number of hydrogen-bond acceptors (Lipinski definition) is 4. The molecule has 4 heterocycles. The first kappa shape index (κ1) is 33.1. The van der Waals surface area contributed by atoms with Gasteiger partial charge in [0.25, 0.3) is 0 Å². The Morgan fingerprint density at radius 3 is 1.38 bits per heavy atom. The van der Waals surface area contributed by atoms with Crippen LogP contribution < -0.4 is 9.80 Å². The van der Waals surface area contributed by atoms with Crippen molar-refractivity contribution in [1.29, 1.82) is 0 Å². The number of aliphatic carboxylic acids is 2. The van der Waals surface area contributed by atoms with Crippen LogP contribution in [0.1, 0.15) is 83.7 Å². The van der Waals surface area contributed by atoms with Crippen molar-refractivity contribution in [2.45, 2.75) is 77.0 Å². The SMILES string of the molecule is Cc1c[nH]c2c(CC(=O)O)cc3c(c12)[C@H](CCl)CN3C(=O)C12CCC(C(=O)N3C[C@@H](CCl)c4c3cc(CC(=O)O)c3[nH]cc(C)c43)(CC1)CC2. The van der Waals surface area contributed by atoms with Crippen molar-refractivity contribution in [3.05, 3.63) is 57.9 Å². The number of carboxylic acid groups (broad SMARTS) is 2. The zero-order valence-corrected chi connectivity index (χ0v) is 29.6. The standard InChI is InChI=1S/C38H40Cl2N4O6/c1-19-15-41-33-21(11-27(45)46)9-25-31(29(19)33)23(13-39)17-43(25)35(49)37-3-6-38(7-4-37,8-5-37)36(50)44-18-24(14-40)32-26(44)10-22(12-28(47)48)34-30(32)20(2)16-42-34/h9-10,15-16,23-24,41-42H,3-8,11-14,17-18H2,1-2H3,(H,45,46)(H,47,48)/t23-,24-,37?,38?/m1/s1. The van der Waals surface area contributed by atoms with Crippen LogP contribution in [-0.4, -0.2) is 68.8 Å². The molecule has 3 aliphatic carbocycles. The molecular weight excluding hydrogens is 679 g/mol. The molecule has 3 fully saturated rings. The van der Waals surface area contributed by atoms with Crippen molar-refractivity contribution in [3.8, 4) is 0 Å². The molecule has 262 valence electrons. The second kappa shape index (κ2) is 11.8. The van der Waals surface area contributed by atoms with Crippen LogP contribution in [0.25, 0.3) is 21.8 Å². The zero-order valence-electron chi connectivity index (χ0n) is 28.1. The van der Waals surface area contributed by atoms with Gasteiger partial charge >= 0.3 is 11.9 Å². The van der Waals surface area contributed by atoms with E-state index in [2.05, 4.69) is 9.97 Å². The summed E-state index contributed by atoms with van der Waals surface area (Å²) in [5.41, 5.74) is 7.12. The molecule has 0 saturated heterocycles. The molecule has 50 heavy (non-hydrogen) atoms. The maximum Gasteiger partial charge on any atom is 0.307 e. The number of fused-ring (bicyclic) bond motifs is 9. The number of carboxylic acids is 2. The summed E-state index contributed by atoms with van der Waals surface area (Å²) < 4.78 is 0. The average molecular weight is 720 g/mol. The fourth-order valence-electron chi connectivity index (χ4n) is 9.86. The van der Waals surface area contributed by atoms with Crippen molar-refractivity contribution >= 4 is 80.1 Å². The summed E-state index contributed by atoms with van der Waals surface area (Å²) in [6.45, 7) is 4.85. The van der Waals surface area contributed by atoms with Crippen LogP contribution in [0.2, 0.25) is 0 Å². The lowest BCUT2D eigenvalue weighted by atomic mass is 9.53. The van der Waals surface area contributed by atoms with Gasteiger partial charge in [-0.15, -0.1) is 23.2 Å². The number of rotatable bonds is 8. The van der Waals surface area contributed by atoms with Gasteiger partial charge in [0.2, 0.25) is 11.8 Å². The van der Waals surface area contributed by atoms with Crippen LogP contribution in [0.3, 0.4) is 0 Å². The van der Waals surface area contributed by atoms with E-state index in [4.69, 9.17) is 23.2 Å². The molecule has 2 bridgehead atoms. The highest BCUT2D eigenvalue weighted by Gasteiger charge is 2.58. The number of aryl methyl sites for hydroxylation is 2. The maximum atomic E-state index is 14.7. The summed E-state index contributed by atoms with van der Waals surface area (Å²) >= 11 is 13.1. The third-order valence-electron chi connectivity index (χ3n) is 12.4. The maximum absolute atomic E-state index is 14.7. The number of anilines is 2. The van der Waals surface area contributed by atoms with Gasteiger partial charge in [0.15, 0.2) is 0 Å². The Morgan fingerprint density at radius 2 is 1.06 bits per heavy atom. The number of nitrogens with one attached hydrogen (secondary N) is 2. The lowest BCUT2D eigenvalue weighted by Crippen LogP contribution is -2.56. The number of aromatic nitrogens is 2. The largest absolute Gasteiger partial charge is 0.481 e. The quantitative estimate of drug-likeness (QED) is 0.146. The molecule has 3 saturated carbocycles.